The third-order valence-corrected chi connectivity index (χ3v) is 2.82. The first kappa shape index (κ1) is 11.3. The van der Waals surface area contributed by atoms with E-state index in [0.29, 0.717) is 11.0 Å². The lowest BCUT2D eigenvalue weighted by Crippen LogP contribution is -2.20. The van der Waals surface area contributed by atoms with Gasteiger partial charge in [0.1, 0.15) is 5.82 Å². The van der Waals surface area contributed by atoms with Gasteiger partial charge in [-0.3, -0.25) is 4.79 Å². The normalized spacial score (nSPS) is 11.3. The minimum Gasteiger partial charge on any atom is -0.475 e. The third-order valence-electron chi connectivity index (χ3n) is 2.82. The number of carbonyl (C=O) groups is 1. The third kappa shape index (κ3) is 1.49. The number of hydrogen-bond acceptors (Lipinski definition) is 4. The van der Waals surface area contributed by atoms with Gasteiger partial charge < -0.3 is 9.67 Å². The molecule has 3 rings (SSSR count). The summed E-state index contributed by atoms with van der Waals surface area (Å²) in [4.78, 5) is 26.5. The number of aromatic carboxylic acids is 1. The maximum absolute atomic E-state index is 13.2. The summed E-state index contributed by atoms with van der Waals surface area (Å²) in [5.74, 6) is -2.31. The molecular weight excluding hydrogens is 255 g/mol. The highest BCUT2D eigenvalue weighted by Gasteiger charge is 2.17. The molecule has 0 bridgehead atoms. The van der Waals surface area contributed by atoms with Crippen LogP contribution >= 0.6 is 0 Å². The number of hydrogen-bond donors (Lipinski definition) is 1. The topological polar surface area (TPSA) is 89.5 Å². The summed E-state index contributed by atoms with van der Waals surface area (Å²) < 4.78 is 15.5. The first-order valence-corrected chi connectivity index (χ1v) is 5.27. The van der Waals surface area contributed by atoms with Gasteiger partial charge in [-0.25, -0.2) is 13.7 Å². The molecule has 2 aromatic heterocycles. The minimum absolute atomic E-state index is 0.112. The van der Waals surface area contributed by atoms with Crippen LogP contribution in [0.3, 0.4) is 0 Å². The van der Waals surface area contributed by atoms with Gasteiger partial charge in [-0.05, 0) is 18.2 Å². The van der Waals surface area contributed by atoms with E-state index >= 15 is 0 Å². The summed E-state index contributed by atoms with van der Waals surface area (Å²) in [6.45, 7) is 0. The summed E-state index contributed by atoms with van der Waals surface area (Å²) in [7, 11) is 1.46. The highest BCUT2D eigenvalue weighted by molar-refractivity contribution is 5.85. The molecule has 0 atom stereocenters. The number of nitrogens with zero attached hydrogens (tertiary/aromatic N) is 4. The molecule has 3 aromatic rings. The fraction of sp³-hybridized carbons (Fsp3) is 0.0909. The smallest absolute Gasteiger partial charge is 0.375 e. The monoisotopic (exact) mass is 262 g/mol. The van der Waals surface area contributed by atoms with E-state index < -0.39 is 23.2 Å². The molecule has 0 aliphatic carbocycles. The molecule has 1 aromatic carbocycles. The molecule has 2 heterocycles. The Bertz CT molecular complexity index is 896. The lowest BCUT2D eigenvalue weighted by Gasteiger charge is -2.05. The van der Waals surface area contributed by atoms with Crippen LogP contribution in [0.2, 0.25) is 0 Å². The summed E-state index contributed by atoms with van der Waals surface area (Å²) in [5, 5.41) is 12.6. The Hall–Kier alpha value is -2.77. The molecule has 0 unspecified atom stereocenters. The summed E-state index contributed by atoms with van der Waals surface area (Å²) in [6, 6.07) is 3.80. The molecule has 19 heavy (non-hydrogen) atoms. The van der Waals surface area contributed by atoms with Gasteiger partial charge in [0, 0.05) is 7.05 Å². The Morgan fingerprint density at radius 1 is 1.37 bits per heavy atom. The molecule has 0 aliphatic rings. The number of rotatable bonds is 1. The molecule has 8 heteroatoms. The van der Waals surface area contributed by atoms with Gasteiger partial charge in [0.25, 0.3) is 11.4 Å². The number of aryl methyl sites for hydroxylation is 1. The SMILES string of the molecule is Cn1c(=O)c2nc(C(=O)O)nn2c2ccc(F)cc21. The van der Waals surface area contributed by atoms with Crippen molar-refractivity contribution in [3.05, 3.63) is 40.2 Å². The number of carboxylic acid groups (broad SMARTS) is 1. The number of carboxylic acids is 1. The van der Waals surface area contributed by atoms with E-state index in [2.05, 4.69) is 10.1 Å². The summed E-state index contributed by atoms with van der Waals surface area (Å²) >= 11 is 0. The van der Waals surface area contributed by atoms with Gasteiger partial charge in [-0.15, -0.1) is 5.10 Å². The average Bonchev–Trinajstić information content (AvgIpc) is 2.81. The molecule has 96 valence electrons. The van der Waals surface area contributed by atoms with E-state index in [1.807, 2.05) is 0 Å². The minimum atomic E-state index is -1.33. The van der Waals surface area contributed by atoms with Gasteiger partial charge in [0.15, 0.2) is 0 Å². The Balaban J connectivity index is 2.59. The largest absolute Gasteiger partial charge is 0.475 e. The van der Waals surface area contributed by atoms with Gasteiger partial charge in [0.05, 0.1) is 11.0 Å². The summed E-state index contributed by atoms with van der Waals surface area (Å²) in [5.41, 5.74) is 0.0509. The molecule has 0 saturated heterocycles. The lowest BCUT2D eigenvalue weighted by atomic mass is 10.3. The molecule has 0 amide bonds. The highest BCUT2D eigenvalue weighted by Crippen LogP contribution is 2.14. The second-order valence-corrected chi connectivity index (χ2v) is 3.97. The van der Waals surface area contributed by atoms with E-state index in [4.69, 9.17) is 5.11 Å². The Morgan fingerprint density at radius 2 is 2.11 bits per heavy atom. The average molecular weight is 262 g/mol. The maximum atomic E-state index is 13.2. The van der Waals surface area contributed by atoms with Crippen LogP contribution in [0.4, 0.5) is 4.39 Å². The lowest BCUT2D eigenvalue weighted by molar-refractivity contribution is 0.0684. The molecular formula is C11H7FN4O3. The van der Waals surface area contributed by atoms with Crippen LogP contribution in [-0.2, 0) is 7.05 Å². The molecule has 0 spiro atoms. The van der Waals surface area contributed by atoms with Crippen LogP contribution in [0.25, 0.3) is 16.7 Å². The van der Waals surface area contributed by atoms with Gasteiger partial charge in [0.2, 0.25) is 5.65 Å². The van der Waals surface area contributed by atoms with E-state index in [1.165, 1.54) is 29.8 Å². The summed E-state index contributed by atoms with van der Waals surface area (Å²) in [6.07, 6.45) is 0. The van der Waals surface area contributed by atoms with Crippen molar-refractivity contribution in [1.82, 2.24) is 19.2 Å². The number of aromatic nitrogens is 4. The number of halogens is 1. The predicted octanol–water partition coefficient (Wildman–Crippen LogP) is 0.418. The fourth-order valence-electron chi connectivity index (χ4n) is 1.91. The Labute approximate surface area is 104 Å². The van der Waals surface area contributed by atoms with E-state index in [1.54, 1.807) is 0 Å². The van der Waals surface area contributed by atoms with Crippen molar-refractivity contribution < 1.29 is 14.3 Å². The van der Waals surface area contributed by atoms with Gasteiger partial charge >= 0.3 is 5.97 Å². The van der Waals surface area contributed by atoms with Crippen LogP contribution in [0.1, 0.15) is 10.6 Å². The zero-order chi connectivity index (χ0) is 13.7. The fourth-order valence-corrected chi connectivity index (χ4v) is 1.91. The van der Waals surface area contributed by atoms with Crippen LogP contribution in [0.15, 0.2) is 23.0 Å². The zero-order valence-corrected chi connectivity index (χ0v) is 9.66. The van der Waals surface area contributed by atoms with Crippen molar-refractivity contribution in [2.75, 3.05) is 0 Å². The van der Waals surface area contributed by atoms with Crippen LogP contribution in [-0.4, -0.2) is 30.2 Å². The van der Waals surface area contributed by atoms with Crippen LogP contribution in [0.5, 0.6) is 0 Å². The molecule has 7 nitrogen and oxygen atoms in total. The molecule has 1 N–H and O–H groups in total. The quantitative estimate of drug-likeness (QED) is 0.686. The molecule has 0 saturated carbocycles. The number of benzene rings is 1. The van der Waals surface area contributed by atoms with Crippen molar-refractivity contribution in [3.8, 4) is 0 Å². The van der Waals surface area contributed by atoms with Crippen molar-refractivity contribution >= 4 is 22.6 Å². The maximum Gasteiger partial charge on any atom is 0.375 e. The van der Waals surface area contributed by atoms with E-state index in [0.717, 1.165) is 4.52 Å². The van der Waals surface area contributed by atoms with Crippen molar-refractivity contribution in [1.29, 1.82) is 0 Å². The van der Waals surface area contributed by atoms with Crippen LogP contribution < -0.4 is 5.56 Å². The standard InChI is InChI=1S/C11H7FN4O3/c1-15-7-4-5(12)2-3-6(7)16-9(10(15)17)13-8(14-16)11(18)19/h2-4H,1H3,(H,18,19). The highest BCUT2D eigenvalue weighted by atomic mass is 19.1. The second kappa shape index (κ2) is 3.61. The second-order valence-electron chi connectivity index (χ2n) is 3.97. The van der Waals surface area contributed by atoms with E-state index in [-0.39, 0.29) is 5.65 Å². The zero-order valence-electron chi connectivity index (χ0n) is 9.66. The van der Waals surface area contributed by atoms with Crippen LogP contribution in [0, 0.1) is 5.82 Å². The molecule has 0 aliphatic heterocycles. The molecule has 0 radical (unpaired) electrons. The van der Waals surface area contributed by atoms with Crippen molar-refractivity contribution in [3.63, 3.8) is 0 Å². The first-order valence-electron chi connectivity index (χ1n) is 5.27. The number of fused-ring (bicyclic) bond motifs is 3. The Morgan fingerprint density at radius 3 is 2.79 bits per heavy atom. The van der Waals surface area contributed by atoms with E-state index in [9.17, 15) is 14.0 Å². The van der Waals surface area contributed by atoms with Gasteiger partial charge in [-0.1, -0.05) is 0 Å². The van der Waals surface area contributed by atoms with Gasteiger partial charge in [-0.2, -0.15) is 4.98 Å². The first-order chi connectivity index (χ1) is 8.99. The predicted molar refractivity (Wildman–Crippen MR) is 62.7 cm³/mol. The van der Waals surface area contributed by atoms with Crippen molar-refractivity contribution in [2.24, 2.45) is 7.05 Å². The Kier molecular flexibility index (Phi) is 2.15. The molecule has 0 fully saturated rings. The van der Waals surface area contributed by atoms with Crippen molar-refractivity contribution in [2.45, 2.75) is 0 Å².